The molecule has 0 heterocycles. The minimum Gasteiger partial charge on any atom is -0.378 e. The Bertz CT molecular complexity index is 782. The summed E-state index contributed by atoms with van der Waals surface area (Å²) < 4.78 is 0. The van der Waals surface area contributed by atoms with E-state index < -0.39 is 0 Å². The summed E-state index contributed by atoms with van der Waals surface area (Å²) in [5.74, 6) is -0.178. The fourth-order valence-electron chi connectivity index (χ4n) is 2.67. The molecule has 0 bridgehead atoms. The van der Waals surface area contributed by atoms with Gasteiger partial charge in [0.05, 0.1) is 0 Å². The van der Waals surface area contributed by atoms with Gasteiger partial charge >= 0.3 is 0 Å². The Morgan fingerprint density at radius 1 is 0.923 bits per heavy atom. The number of hydrogen-bond donors (Lipinski definition) is 1. The molecule has 0 spiro atoms. The lowest BCUT2D eigenvalue weighted by atomic mass is 10.1. The van der Waals surface area contributed by atoms with Gasteiger partial charge in [-0.2, -0.15) is 0 Å². The fourth-order valence-corrected chi connectivity index (χ4v) is 2.67. The first-order valence-corrected chi connectivity index (χ1v) is 8.70. The molecule has 0 fully saturated rings. The molecule has 0 aliphatic heterocycles. The van der Waals surface area contributed by atoms with Crippen LogP contribution in [0.15, 0.2) is 42.5 Å². The molecular formula is C21H27N3O2. The van der Waals surface area contributed by atoms with Crippen molar-refractivity contribution in [3.8, 4) is 0 Å². The summed E-state index contributed by atoms with van der Waals surface area (Å²) in [5, 5.41) is 2.89. The first-order valence-electron chi connectivity index (χ1n) is 8.70. The molecule has 26 heavy (non-hydrogen) atoms. The van der Waals surface area contributed by atoms with E-state index in [0.717, 1.165) is 22.5 Å². The molecule has 2 aromatic carbocycles. The molecule has 0 aliphatic rings. The quantitative estimate of drug-likeness (QED) is 0.868. The van der Waals surface area contributed by atoms with Crippen LogP contribution in [0.2, 0.25) is 0 Å². The number of nitrogens with zero attached hydrogens (tertiary/aromatic N) is 2. The highest BCUT2D eigenvalue weighted by molar-refractivity contribution is 5.95. The third-order valence-electron chi connectivity index (χ3n) is 4.45. The van der Waals surface area contributed by atoms with E-state index >= 15 is 0 Å². The van der Waals surface area contributed by atoms with E-state index in [-0.39, 0.29) is 11.8 Å². The van der Waals surface area contributed by atoms with E-state index in [9.17, 15) is 9.59 Å². The van der Waals surface area contributed by atoms with Crippen molar-refractivity contribution < 1.29 is 9.59 Å². The second-order valence-electron chi connectivity index (χ2n) is 6.64. The molecule has 2 rings (SSSR count). The number of benzene rings is 2. The van der Waals surface area contributed by atoms with E-state index in [0.29, 0.717) is 18.7 Å². The van der Waals surface area contributed by atoms with Crippen molar-refractivity contribution >= 4 is 23.2 Å². The summed E-state index contributed by atoms with van der Waals surface area (Å²) in [6, 6.07) is 13.4. The number of aryl methyl sites for hydroxylation is 2. The van der Waals surface area contributed by atoms with Gasteiger partial charge in [-0.05, 0) is 61.4 Å². The maximum atomic E-state index is 12.3. The van der Waals surface area contributed by atoms with Gasteiger partial charge in [-0.3, -0.25) is 9.59 Å². The Morgan fingerprint density at radius 2 is 1.54 bits per heavy atom. The van der Waals surface area contributed by atoms with E-state index in [2.05, 4.69) is 5.32 Å². The van der Waals surface area contributed by atoms with Crippen LogP contribution in [-0.4, -0.2) is 39.0 Å². The normalized spacial score (nSPS) is 10.3. The maximum absolute atomic E-state index is 12.3. The number of carbonyl (C=O) groups excluding carboxylic acids is 2. The Kier molecular flexibility index (Phi) is 6.39. The van der Waals surface area contributed by atoms with Crippen molar-refractivity contribution in [3.05, 3.63) is 59.2 Å². The van der Waals surface area contributed by atoms with Crippen molar-refractivity contribution in [1.29, 1.82) is 0 Å². The van der Waals surface area contributed by atoms with Gasteiger partial charge in [0.15, 0.2) is 0 Å². The highest BCUT2D eigenvalue weighted by Gasteiger charge is 2.13. The SMILES string of the molecule is CC(=O)N(CCNC(=O)c1ccc(C)c(C)c1)c1ccc(N(C)C)cc1. The molecular weight excluding hydrogens is 326 g/mol. The van der Waals surface area contributed by atoms with Crippen molar-refractivity contribution in [3.63, 3.8) is 0 Å². The van der Waals surface area contributed by atoms with Gasteiger partial charge in [-0.15, -0.1) is 0 Å². The highest BCUT2D eigenvalue weighted by atomic mass is 16.2. The number of anilines is 2. The van der Waals surface area contributed by atoms with Gasteiger partial charge in [0.25, 0.3) is 5.91 Å². The molecule has 2 aromatic rings. The van der Waals surface area contributed by atoms with Crippen LogP contribution in [0.1, 0.15) is 28.4 Å². The maximum Gasteiger partial charge on any atom is 0.251 e. The Balaban J connectivity index is 1.99. The molecule has 138 valence electrons. The molecule has 0 unspecified atom stereocenters. The van der Waals surface area contributed by atoms with Crippen molar-refractivity contribution in [2.75, 3.05) is 37.0 Å². The third-order valence-corrected chi connectivity index (χ3v) is 4.45. The number of amides is 2. The van der Waals surface area contributed by atoms with Gasteiger partial charge in [0.1, 0.15) is 0 Å². The van der Waals surface area contributed by atoms with E-state index in [1.54, 1.807) is 4.90 Å². The lowest BCUT2D eigenvalue weighted by Crippen LogP contribution is -2.37. The number of rotatable bonds is 6. The predicted molar refractivity (Wildman–Crippen MR) is 107 cm³/mol. The molecule has 5 heteroatoms. The fraction of sp³-hybridized carbons (Fsp3) is 0.333. The van der Waals surface area contributed by atoms with E-state index in [1.165, 1.54) is 6.92 Å². The smallest absolute Gasteiger partial charge is 0.251 e. The van der Waals surface area contributed by atoms with Gasteiger partial charge < -0.3 is 15.1 Å². The first kappa shape index (κ1) is 19.5. The summed E-state index contributed by atoms with van der Waals surface area (Å²) in [5.41, 5.74) is 4.77. The molecule has 1 N–H and O–H groups in total. The van der Waals surface area contributed by atoms with Gasteiger partial charge in [-0.1, -0.05) is 6.07 Å². The number of hydrogen-bond acceptors (Lipinski definition) is 3. The van der Waals surface area contributed by atoms with E-state index in [4.69, 9.17) is 0 Å². The first-order chi connectivity index (χ1) is 12.3. The molecule has 0 atom stereocenters. The number of nitrogens with one attached hydrogen (secondary N) is 1. The molecule has 5 nitrogen and oxygen atoms in total. The molecule has 0 saturated heterocycles. The highest BCUT2D eigenvalue weighted by Crippen LogP contribution is 2.19. The topological polar surface area (TPSA) is 52.7 Å². The van der Waals surface area contributed by atoms with Crippen molar-refractivity contribution in [2.24, 2.45) is 0 Å². The summed E-state index contributed by atoms with van der Waals surface area (Å²) in [6.07, 6.45) is 0. The third kappa shape index (κ3) is 4.85. The molecule has 0 radical (unpaired) electrons. The zero-order chi connectivity index (χ0) is 19.3. The summed E-state index contributed by atoms with van der Waals surface area (Å²) in [7, 11) is 3.94. The molecule has 0 aliphatic carbocycles. The minimum absolute atomic E-state index is 0.0527. The Hall–Kier alpha value is -2.82. The largest absolute Gasteiger partial charge is 0.378 e. The zero-order valence-electron chi connectivity index (χ0n) is 16.2. The summed E-state index contributed by atoms with van der Waals surface area (Å²) >= 11 is 0. The zero-order valence-corrected chi connectivity index (χ0v) is 16.2. The van der Waals surface area contributed by atoms with Crippen LogP contribution in [-0.2, 0) is 4.79 Å². The monoisotopic (exact) mass is 353 g/mol. The standard InChI is InChI=1S/C21H27N3O2/c1-15-6-7-18(14-16(15)2)21(26)22-12-13-24(17(3)25)20-10-8-19(9-11-20)23(4)5/h6-11,14H,12-13H2,1-5H3,(H,22,26). The molecule has 2 amide bonds. The van der Waals surface area contributed by atoms with E-state index in [1.807, 2.05) is 75.3 Å². The Morgan fingerprint density at radius 3 is 2.08 bits per heavy atom. The van der Waals surface area contributed by atoms with Crippen molar-refractivity contribution in [2.45, 2.75) is 20.8 Å². The predicted octanol–water partition coefficient (Wildman–Crippen LogP) is 3.15. The second-order valence-corrected chi connectivity index (χ2v) is 6.64. The average molecular weight is 353 g/mol. The second kappa shape index (κ2) is 8.52. The lowest BCUT2D eigenvalue weighted by molar-refractivity contribution is -0.116. The summed E-state index contributed by atoms with van der Waals surface area (Å²) in [6.45, 7) is 6.35. The summed E-state index contributed by atoms with van der Waals surface area (Å²) in [4.78, 5) is 28.0. The Labute approximate surface area is 155 Å². The van der Waals surface area contributed by atoms with Crippen LogP contribution >= 0.6 is 0 Å². The molecule has 0 saturated carbocycles. The van der Waals surface area contributed by atoms with Crippen LogP contribution in [0.25, 0.3) is 0 Å². The van der Waals surface area contributed by atoms with Crippen LogP contribution in [0, 0.1) is 13.8 Å². The minimum atomic E-state index is -0.125. The van der Waals surface area contributed by atoms with Gasteiger partial charge in [0, 0.05) is 51.0 Å². The molecule has 0 aromatic heterocycles. The van der Waals surface area contributed by atoms with Crippen LogP contribution in [0.4, 0.5) is 11.4 Å². The lowest BCUT2D eigenvalue weighted by Gasteiger charge is -2.22. The van der Waals surface area contributed by atoms with Gasteiger partial charge in [-0.25, -0.2) is 0 Å². The van der Waals surface area contributed by atoms with Crippen LogP contribution in [0.3, 0.4) is 0 Å². The number of carbonyl (C=O) groups is 2. The average Bonchev–Trinajstić information content (AvgIpc) is 2.60. The van der Waals surface area contributed by atoms with Crippen molar-refractivity contribution in [1.82, 2.24) is 5.32 Å². The van der Waals surface area contributed by atoms with Gasteiger partial charge in [0.2, 0.25) is 5.91 Å². The van der Waals surface area contributed by atoms with Crippen LogP contribution in [0.5, 0.6) is 0 Å². The van der Waals surface area contributed by atoms with Crippen LogP contribution < -0.4 is 15.1 Å².